The van der Waals surface area contributed by atoms with Crippen molar-refractivity contribution >= 4 is 34.8 Å². The van der Waals surface area contributed by atoms with E-state index in [1.165, 1.54) is 12.8 Å². The highest BCUT2D eigenvalue weighted by Crippen LogP contribution is 2.44. The van der Waals surface area contributed by atoms with Gasteiger partial charge < -0.3 is 10.1 Å². The third-order valence-electron chi connectivity index (χ3n) is 7.12. The second-order valence-corrected chi connectivity index (χ2v) is 10.5. The SMILES string of the molecule is C[C@@H]1CCCN(CCOc2ccc(NC(=O)C3(c4ccc(Cl)cc4Cl)CCCCC3)cc2)C1. The summed E-state index contributed by atoms with van der Waals surface area (Å²) in [5.41, 5.74) is 1.02. The van der Waals surface area contributed by atoms with Gasteiger partial charge in [0.1, 0.15) is 12.4 Å². The van der Waals surface area contributed by atoms with E-state index in [1.54, 1.807) is 6.07 Å². The fourth-order valence-electron chi connectivity index (χ4n) is 5.32. The Balaban J connectivity index is 1.38. The number of nitrogens with zero attached hydrogens (tertiary/aromatic N) is 1. The highest BCUT2D eigenvalue weighted by Gasteiger charge is 2.42. The molecule has 2 fully saturated rings. The van der Waals surface area contributed by atoms with E-state index in [1.807, 2.05) is 36.4 Å². The molecule has 1 amide bonds. The average Bonchev–Trinajstić information content (AvgIpc) is 2.81. The number of likely N-dealkylation sites (tertiary alicyclic amines) is 1. The number of carbonyl (C=O) groups is 1. The minimum Gasteiger partial charge on any atom is -0.492 e. The first-order valence-corrected chi connectivity index (χ1v) is 12.9. The molecule has 2 aliphatic rings. The fraction of sp³-hybridized carbons (Fsp3) is 0.519. The van der Waals surface area contributed by atoms with Crippen LogP contribution in [0.2, 0.25) is 10.0 Å². The second-order valence-electron chi connectivity index (χ2n) is 9.64. The van der Waals surface area contributed by atoms with E-state index in [9.17, 15) is 4.79 Å². The molecule has 0 spiro atoms. The van der Waals surface area contributed by atoms with Crippen LogP contribution >= 0.6 is 23.2 Å². The van der Waals surface area contributed by atoms with E-state index in [2.05, 4.69) is 17.1 Å². The van der Waals surface area contributed by atoms with Gasteiger partial charge in [-0.3, -0.25) is 9.69 Å². The van der Waals surface area contributed by atoms with Crippen LogP contribution in [0, 0.1) is 5.92 Å². The van der Waals surface area contributed by atoms with E-state index in [4.69, 9.17) is 27.9 Å². The molecule has 0 aromatic heterocycles. The van der Waals surface area contributed by atoms with Gasteiger partial charge in [-0.1, -0.05) is 55.5 Å². The molecule has 1 aliphatic carbocycles. The Morgan fingerprint density at radius 1 is 1.09 bits per heavy atom. The van der Waals surface area contributed by atoms with Crippen molar-refractivity contribution in [1.82, 2.24) is 4.90 Å². The van der Waals surface area contributed by atoms with Gasteiger partial charge in [0.2, 0.25) is 5.91 Å². The lowest BCUT2D eigenvalue weighted by molar-refractivity contribution is -0.122. The van der Waals surface area contributed by atoms with Crippen LogP contribution < -0.4 is 10.1 Å². The first-order valence-electron chi connectivity index (χ1n) is 12.2. The van der Waals surface area contributed by atoms with Gasteiger partial charge in [-0.25, -0.2) is 0 Å². The maximum atomic E-state index is 13.5. The zero-order valence-corrected chi connectivity index (χ0v) is 20.9. The van der Waals surface area contributed by atoms with Crippen LogP contribution in [0.25, 0.3) is 0 Å². The Hall–Kier alpha value is -1.75. The quantitative estimate of drug-likeness (QED) is 0.458. The summed E-state index contributed by atoms with van der Waals surface area (Å²) < 4.78 is 5.95. The molecular weight excluding hydrogens is 455 g/mol. The average molecular weight is 489 g/mol. The number of carbonyl (C=O) groups excluding carboxylic acids is 1. The van der Waals surface area contributed by atoms with Crippen molar-refractivity contribution in [3.63, 3.8) is 0 Å². The summed E-state index contributed by atoms with van der Waals surface area (Å²) >= 11 is 12.7. The summed E-state index contributed by atoms with van der Waals surface area (Å²) in [4.78, 5) is 16.0. The predicted octanol–water partition coefficient (Wildman–Crippen LogP) is 6.94. The number of benzene rings is 2. The van der Waals surface area contributed by atoms with Crippen LogP contribution in [0.1, 0.15) is 57.4 Å². The standard InChI is InChI=1S/C27H34Cl2N2O2/c1-20-6-5-15-31(19-20)16-17-33-23-10-8-22(9-11-23)30-26(32)27(13-3-2-4-14-27)24-12-7-21(28)18-25(24)29/h7-12,18,20H,2-6,13-17,19H2,1H3,(H,30,32)/t20-/m1/s1. The number of halogens is 2. The summed E-state index contributed by atoms with van der Waals surface area (Å²) in [7, 11) is 0. The number of amides is 1. The smallest absolute Gasteiger partial charge is 0.235 e. The van der Waals surface area contributed by atoms with Crippen LogP contribution in [-0.2, 0) is 10.2 Å². The second kappa shape index (κ2) is 11.1. The number of ether oxygens (including phenoxy) is 1. The van der Waals surface area contributed by atoms with Crippen molar-refractivity contribution in [2.75, 3.05) is 31.6 Å². The van der Waals surface area contributed by atoms with Gasteiger partial charge in [0, 0.05) is 28.8 Å². The van der Waals surface area contributed by atoms with Gasteiger partial charge in [-0.2, -0.15) is 0 Å². The molecule has 1 N–H and O–H groups in total. The molecule has 1 saturated carbocycles. The molecule has 0 unspecified atom stereocenters. The van der Waals surface area contributed by atoms with Crippen LogP contribution in [0.15, 0.2) is 42.5 Å². The van der Waals surface area contributed by atoms with Gasteiger partial charge in [0.15, 0.2) is 0 Å². The van der Waals surface area contributed by atoms with E-state index >= 15 is 0 Å². The number of rotatable bonds is 7. The minimum atomic E-state index is -0.624. The molecule has 4 rings (SSSR count). The Bertz CT molecular complexity index is 942. The zero-order valence-electron chi connectivity index (χ0n) is 19.4. The van der Waals surface area contributed by atoms with Crippen molar-refractivity contribution in [2.24, 2.45) is 5.92 Å². The van der Waals surface area contributed by atoms with Crippen LogP contribution in [0.5, 0.6) is 5.75 Å². The van der Waals surface area contributed by atoms with Crippen LogP contribution in [-0.4, -0.2) is 37.0 Å². The van der Waals surface area contributed by atoms with Crippen molar-refractivity contribution in [3.05, 3.63) is 58.1 Å². The van der Waals surface area contributed by atoms with Gasteiger partial charge in [-0.15, -0.1) is 0 Å². The van der Waals surface area contributed by atoms with E-state index in [0.717, 1.165) is 74.7 Å². The summed E-state index contributed by atoms with van der Waals surface area (Å²) in [5, 5.41) is 4.28. The Morgan fingerprint density at radius 3 is 2.55 bits per heavy atom. The van der Waals surface area contributed by atoms with Crippen molar-refractivity contribution in [1.29, 1.82) is 0 Å². The Kier molecular flexibility index (Phi) is 8.21. The maximum absolute atomic E-state index is 13.5. The third kappa shape index (κ3) is 6.03. The summed E-state index contributed by atoms with van der Waals surface area (Å²) in [5.74, 6) is 1.60. The molecule has 178 valence electrons. The van der Waals surface area contributed by atoms with E-state index in [0.29, 0.717) is 16.7 Å². The van der Waals surface area contributed by atoms with Gasteiger partial charge in [0.25, 0.3) is 0 Å². The molecule has 0 bridgehead atoms. The van der Waals surface area contributed by atoms with Gasteiger partial charge in [0.05, 0.1) is 5.41 Å². The summed E-state index contributed by atoms with van der Waals surface area (Å²) in [6.45, 7) is 6.27. The lowest BCUT2D eigenvalue weighted by atomic mass is 9.68. The first kappa shape index (κ1) is 24.4. The molecule has 1 heterocycles. The van der Waals surface area contributed by atoms with Crippen molar-refractivity contribution in [2.45, 2.75) is 57.3 Å². The molecule has 4 nitrogen and oxygen atoms in total. The number of hydrogen-bond donors (Lipinski definition) is 1. The highest BCUT2D eigenvalue weighted by molar-refractivity contribution is 6.35. The lowest BCUT2D eigenvalue weighted by Gasteiger charge is -2.37. The topological polar surface area (TPSA) is 41.6 Å². The monoisotopic (exact) mass is 488 g/mol. The molecule has 0 radical (unpaired) electrons. The molecular formula is C27H34Cl2N2O2. The maximum Gasteiger partial charge on any atom is 0.235 e. The fourth-order valence-corrected chi connectivity index (χ4v) is 5.91. The lowest BCUT2D eigenvalue weighted by Crippen LogP contribution is -2.42. The number of hydrogen-bond acceptors (Lipinski definition) is 3. The van der Waals surface area contributed by atoms with Gasteiger partial charge >= 0.3 is 0 Å². The van der Waals surface area contributed by atoms with Crippen LogP contribution in [0.4, 0.5) is 5.69 Å². The molecule has 1 aliphatic heterocycles. The highest BCUT2D eigenvalue weighted by atomic mass is 35.5. The van der Waals surface area contributed by atoms with Gasteiger partial charge in [-0.05, 0) is 80.1 Å². The normalized spacial score (nSPS) is 20.9. The van der Waals surface area contributed by atoms with Crippen molar-refractivity contribution in [3.8, 4) is 5.75 Å². The predicted molar refractivity (Wildman–Crippen MR) is 137 cm³/mol. The van der Waals surface area contributed by atoms with E-state index < -0.39 is 5.41 Å². The largest absolute Gasteiger partial charge is 0.492 e. The molecule has 1 saturated heterocycles. The zero-order chi connectivity index (χ0) is 23.3. The third-order valence-corrected chi connectivity index (χ3v) is 7.67. The van der Waals surface area contributed by atoms with Crippen LogP contribution in [0.3, 0.4) is 0 Å². The Morgan fingerprint density at radius 2 is 1.85 bits per heavy atom. The Labute approximate surface area is 207 Å². The number of piperidine rings is 1. The molecule has 33 heavy (non-hydrogen) atoms. The van der Waals surface area contributed by atoms with E-state index in [-0.39, 0.29) is 5.91 Å². The number of nitrogens with one attached hydrogen (secondary N) is 1. The minimum absolute atomic E-state index is 0.000640. The number of anilines is 1. The summed E-state index contributed by atoms with van der Waals surface area (Å²) in [6.07, 6.45) is 7.34. The first-order chi connectivity index (χ1) is 16.0. The molecule has 6 heteroatoms. The molecule has 1 atom stereocenters. The van der Waals surface area contributed by atoms with Crippen molar-refractivity contribution < 1.29 is 9.53 Å². The molecule has 2 aromatic carbocycles. The molecule has 2 aromatic rings. The summed E-state index contributed by atoms with van der Waals surface area (Å²) in [6, 6.07) is 13.2.